The van der Waals surface area contributed by atoms with E-state index in [1.807, 2.05) is 0 Å². The number of likely N-dealkylation sites (tertiary alicyclic amines) is 1. The molecular weight excluding hydrogens is 196 g/mol. The first kappa shape index (κ1) is 14.0. The monoisotopic (exact) mass is 226 g/mol. The molecule has 96 valence electrons. The standard InChI is InChI=1S/C14H30N2/c1-2-7-14-8-12-16(13-9-14)11-6-4-3-5-10-15/h14H,2-13,15H2,1H3. The SMILES string of the molecule is CCCC1CCN(CCCCCCN)CC1. The van der Waals surface area contributed by atoms with E-state index in [4.69, 9.17) is 5.73 Å². The van der Waals surface area contributed by atoms with Gasteiger partial charge in [0.15, 0.2) is 0 Å². The largest absolute Gasteiger partial charge is 0.330 e. The zero-order chi connectivity index (χ0) is 11.6. The highest BCUT2D eigenvalue weighted by molar-refractivity contribution is 4.71. The normalized spacial score (nSPS) is 19.1. The van der Waals surface area contributed by atoms with Crippen molar-refractivity contribution < 1.29 is 0 Å². The van der Waals surface area contributed by atoms with Crippen molar-refractivity contribution in [3.63, 3.8) is 0 Å². The van der Waals surface area contributed by atoms with Crippen LogP contribution in [0.15, 0.2) is 0 Å². The molecule has 0 atom stereocenters. The van der Waals surface area contributed by atoms with E-state index in [1.165, 1.54) is 71.0 Å². The molecule has 1 heterocycles. The van der Waals surface area contributed by atoms with Crippen molar-refractivity contribution in [2.75, 3.05) is 26.2 Å². The molecule has 0 spiro atoms. The van der Waals surface area contributed by atoms with Gasteiger partial charge in [-0.15, -0.1) is 0 Å². The molecule has 0 amide bonds. The first-order valence-electron chi connectivity index (χ1n) is 7.29. The first-order chi connectivity index (χ1) is 7.86. The maximum absolute atomic E-state index is 5.49. The molecular formula is C14H30N2. The van der Waals surface area contributed by atoms with Gasteiger partial charge in [-0.1, -0.05) is 32.6 Å². The van der Waals surface area contributed by atoms with E-state index in [-0.39, 0.29) is 0 Å². The molecule has 2 N–H and O–H groups in total. The van der Waals surface area contributed by atoms with Crippen molar-refractivity contribution in [3.05, 3.63) is 0 Å². The third-order valence-corrected chi connectivity index (χ3v) is 3.83. The fourth-order valence-electron chi connectivity index (χ4n) is 2.74. The van der Waals surface area contributed by atoms with Gasteiger partial charge in [-0.05, 0) is 57.8 Å². The number of unbranched alkanes of at least 4 members (excludes halogenated alkanes) is 3. The second kappa shape index (κ2) is 9.00. The van der Waals surface area contributed by atoms with E-state index >= 15 is 0 Å². The number of piperidine rings is 1. The molecule has 0 aromatic rings. The van der Waals surface area contributed by atoms with E-state index in [0.29, 0.717) is 0 Å². The highest BCUT2D eigenvalue weighted by atomic mass is 15.1. The second-order valence-corrected chi connectivity index (χ2v) is 5.28. The average molecular weight is 226 g/mol. The minimum absolute atomic E-state index is 0.864. The van der Waals surface area contributed by atoms with Crippen LogP contribution in [0.5, 0.6) is 0 Å². The molecule has 0 radical (unpaired) electrons. The minimum Gasteiger partial charge on any atom is -0.330 e. The average Bonchev–Trinajstić information content (AvgIpc) is 2.31. The number of hydrogen-bond donors (Lipinski definition) is 1. The Labute approximate surface area is 102 Å². The zero-order valence-corrected chi connectivity index (χ0v) is 11.1. The lowest BCUT2D eigenvalue weighted by Gasteiger charge is -2.31. The summed E-state index contributed by atoms with van der Waals surface area (Å²) in [5.41, 5.74) is 5.49. The summed E-state index contributed by atoms with van der Waals surface area (Å²) in [6, 6.07) is 0. The molecule has 2 heteroatoms. The van der Waals surface area contributed by atoms with Gasteiger partial charge in [0.1, 0.15) is 0 Å². The molecule has 2 nitrogen and oxygen atoms in total. The first-order valence-corrected chi connectivity index (χ1v) is 7.29. The summed E-state index contributed by atoms with van der Waals surface area (Å²) in [6.07, 6.45) is 11.0. The minimum atomic E-state index is 0.864. The summed E-state index contributed by atoms with van der Waals surface area (Å²) in [5.74, 6) is 1.03. The van der Waals surface area contributed by atoms with Gasteiger partial charge >= 0.3 is 0 Å². The lowest BCUT2D eigenvalue weighted by atomic mass is 9.92. The fraction of sp³-hybridized carbons (Fsp3) is 1.00. The van der Waals surface area contributed by atoms with Crippen molar-refractivity contribution in [1.82, 2.24) is 4.90 Å². The number of nitrogens with two attached hydrogens (primary N) is 1. The number of hydrogen-bond acceptors (Lipinski definition) is 2. The molecule has 0 aromatic heterocycles. The van der Waals surface area contributed by atoms with E-state index < -0.39 is 0 Å². The van der Waals surface area contributed by atoms with Crippen LogP contribution in [0.1, 0.15) is 58.3 Å². The van der Waals surface area contributed by atoms with Gasteiger partial charge in [-0.3, -0.25) is 0 Å². The Bertz CT molecular complexity index is 151. The van der Waals surface area contributed by atoms with Crippen LogP contribution in [-0.2, 0) is 0 Å². The van der Waals surface area contributed by atoms with Crippen LogP contribution in [0.2, 0.25) is 0 Å². The van der Waals surface area contributed by atoms with E-state index in [0.717, 1.165) is 12.5 Å². The molecule has 0 saturated carbocycles. The molecule has 0 bridgehead atoms. The molecule has 1 fully saturated rings. The zero-order valence-electron chi connectivity index (χ0n) is 11.1. The lowest BCUT2D eigenvalue weighted by Crippen LogP contribution is -2.34. The third-order valence-electron chi connectivity index (χ3n) is 3.83. The molecule has 1 saturated heterocycles. The molecule has 0 unspecified atom stereocenters. The second-order valence-electron chi connectivity index (χ2n) is 5.28. The Balaban J connectivity index is 1.95. The summed E-state index contributed by atoms with van der Waals surface area (Å²) < 4.78 is 0. The number of nitrogens with zero attached hydrogens (tertiary/aromatic N) is 1. The van der Waals surface area contributed by atoms with Crippen LogP contribution >= 0.6 is 0 Å². The summed E-state index contributed by atoms with van der Waals surface area (Å²) in [5, 5.41) is 0. The predicted molar refractivity (Wildman–Crippen MR) is 71.6 cm³/mol. The van der Waals surface area contributed by atoms with Gasteiger partial charge in [0, 0.05) is 0 Å². The highest BCUT2D eigenvalue weighted by Gasteiger charge is 2.17. The Morgan fingerprint density at radius 1 is 1.06 bits per heavy atom. The molecule has 16 heavy (non-hydrogen) atoms. The van der Waals surface area contributed by atoms with E-state index in [1.54, 1.807) is 0 Å². The third kappa shape index (κ3) is 5.86. The van der Waals surface area contributed by atoms with Gasteiger partial charge in [0.25, 0.3) is 0 Å². The van der Waals surface area contributed by atoms with Crippen molar-refractivity contribution in [2.45, 2.75) is 58.3 Å². The molecule has 0 aromatic carbocycles. The molecule has 0 aliphatic carbocycles. The Kier molecular flexibility index (Phi) is 7.87. The van der Waals surface area contributed by atoms with Crippen LogP contribution in [0.25, 0.3) is 0 Å². The predicted octanol–water partition coefficient (Wildman–Crippen LogP) is 3.02. The topological polar surface area (TPSA) is 29.3 Å². The number of rotatable bonds is 8. The van der Waals surface area contributed by atoms with Crippen LogP contribution in [-0.4, -0.2) is 31.1 Å². The van der Waals surface area contributed by atoms with Gasteiger partial charge in [0.05, 0.1) is 0 Å². The highest BCUT2D eigenvalue weighted by Crippen LogP contribution is 2.21. The summed E-state index contributed by atoms with van der Waals surface area (Å²) in [4.78, 5) is 2.66. The summed E-state index contributed by atoms with van der Waals surface area (Å²) >= 11 is 0. The van der Waals surface area contributed by atoms with E-state index in [2.05, 4.69) is 11.8 Å². The van der Waals surface area contributed by atoms with Gasteiger partial charge in [-0.25, -0.2) is 0 Å². The van der Waals surface area contributed by atoms with Crippen molar-refractivity contribution >= 4 is 0 Å². The lowest BCUT2D eigenvalue weighted by molar-refractivity contribution is 0.175. The van der Waals surface area contributed by atoms with Crippen LogP contribution in [0.3, 0.4) is 0 Å². The molecule has 1 aliphatic rings. The summed E-state index contributed by atoms with van der Waals surface area (Å²) in [7, 11) is 0. The van der Waals surface area contributed by atoms with Crippen LogP contribution in [0.4, 0.5) is 0 Å². The fourth-order valence-corrected chi connectivity index (χ4v) is 2.74. The summed E-state index contributed by atoms with van der Waals surface area (Å²) in [6.45, 7) is 7.19. The quantitative estimate of drug-likeness (QED) is 0.645. The maximum Gasteiger partial charge on any atom is -0.00161 e. The van der Waals surface area contributed by atoms with Crippen molar-refractivity contribution in [3.8, 4) is 0 Å². The Hall–Kier alpha value is -0.0800. The Morgan fingerprint density at radius 3 is 2.38 bits per heavy atom. The van der Waals surface area contributed by atoms with Gasteiger partial charge in [0.2, 0.25) is 0 Å². The van der Waals surface area contributed by atoms with Crippen LogP contribution < -0.4 is 5.73 Å². The molecule has 1 aliphatic heterocycles. The van der Waals surface area contributed by atoms with Crippen molar-refractivity contribution in [2.24, 2.45) is 11.7 Å². The Morgan fingerprint density at radius 2 is 1.75 bits per heavy atom. The smallest absolute Gasteiger partial charge is 0.00161 e. The maximum atomic E-state index is 5.49. The molecule has 1 rings (SSSR count). The van der Waals surface area contributed by atoms with Gasteiger partial charge in [-0.2, -0.15) is 0 Å². The van der Waals surface area contributed by atoms with Crippen molar-refractivity contribution in [1.29, 1.82) is 0 Å². The van der Waals surface area contributed by atoms with Gasteiger partial charge < -0.3 is 10.6 Å². The van der Waals surface area contributed by atoms with Crippen LogP contribution in [0, 0.1) is 5.92 Å². The van der Waals surface area contributed by atoms with E-state index in [9.17, 15) is 0 Å².